The number of aliphatic hydroxyl groups excluding tert-OH is 1. The molecule has 0 aliphatic heterocycles. The highest BCUT2D eigenvalue weighted by Gasteiger charge is 2.27. The highest BCUT2D eigenvalue weighted by atomic mass is 19.4. The SMILES string of the molecule is CCc1ccc(CC(O)CCOCC(F)(F)F)cc1. The normalized spacial score (nSPS) is 13.5. The second-order valence-corrected chi connectivity index (χ2v) is 4.48. The van der Waals surface area contributed by atoms with Crippen LogP contribution >= 0.6 is 0 Å². The van der Waals surface area contributed by atoms with Gasteiger partial charge in [0.25, 0.3) is 0 Å². The van der Waals surface area contributed by atoms with Crippen molar-refractivity contribution < 1.29 is 23.0 Å². The molecule has 0 spiro atoms. The van der Waals surface area contributed by atoms with Crippen molar-refractivity contribution in [1.82, 2.24) is 0 Å². The third-order valence-corrected chi connectivity index (χ3v) is 2.76. The van der Waals surface area contributed by atoms with E-state index in [9.17, 15) is 18.3 Å². The number of rotatable bonds is 7. The average molecular weight is 276 g/mol. The predicted octanol–water partition coefficient (Wildman–Crippen LogP) is 3.12. The van der Waals surface area contributed by atoms with Crippen molar-refractivity contribution in [2.75, 3.05) is 13.2 Å². The Labute approximate surface area is 111 Å². The van der Waals surface area contributed by atoms with Crippen LogP contribution in [0.15, 0.2) is 24.3 Å². The number of ether oxygens (including phenoxy) is 1. The zero-order valence-corrected chi connectivity index (χ0v) is 10.9. The molecule has 19 heavy (non-hydrogen) atoms. The fraction of sp³-hybridized carbons (Fsp3) is 0.571. The zero-order valence-electron chi connectivity index (χ0n) is 10.9. The van der Waals surface area contributed by atoms with E-state index < -0.39 is 18.9 Å². The summed E-state index contributed by atoms with van der Waals surface area (Å²) in [7, 11) is 0. The first-order valence-corrected chi connectivity index (χ1v) is 6.31. The fourth-order valence-electron chi connectivity index (χ4n) is 1.69. The number of halogens is 3. The molecule has 1 aromatic rings. The molecule has 5 heteroatoms. The van der Waals surface area contributed by atoms with Crippen molar-refractivity contribution >= 4 is 0 Å². The molecular weight excluding hydrogens is 257 g/mol. The van der Waals surface area contributed by atoms with Crippen molar-refractivity contribution in [3.63, 3.8) is 0 Å². The first kappa shape index (κ1) is 16.0. The topological polar surface area (TPSA) is 29.5 Å². The van der Waals surface area contributed by atoms with E-state index in [1.165, 1.54) is 5.56 Å². The molecule has 0 bridgehead atoms. The van der Waals surface area contributed by atoms with Crippen molar-refractivity contribution in [2.24, 2.45) is 0 Å². The number of aryl methyl sites for hydroxylation is 1. The van der Waals surface area contributed by atoms with Crippen LogP contribution < -0.4 is 0 Å². The molecule has 0 heterocycles. The highest BCUT2D eigenvalue weighted by molar-refractivity contribution is 5.22. The molecule has 108 valence electrons. The van der Waals surface area contributed by atoms with E-state index in [0.29, 0.717) is 6.42 Å². The van der Waals surface area contributed by atoms with Crippen LogP contribution in [0.2, 0.25) is 0 Å². The molecule has 0 aromatic heterocycles. The van der Waals surface area contributed by atoms with Gasteiger partial charge in [0.15, 0.2) is 0 Å². The lowest BCUT2D eigenvalue weighted by Gasteiger charge is -2.12. The molecule has 1 atom stereocenters. The predicted molar refractivity (Wildman–Crippen MR) is 67.0 cm³/mol. The molecule has 1 N–H and O–H groups in total. The fourth-order valence-corrected chi connectivity index (χ4v) is 1.69. The Morgan fingerprint density at radius 2 is 1.74 bits per heavy atom. The largest absolute Gasteiger partial charge is 0.411 e. The van der Waals surface area contributed by atoms with Crippen LogP contribution in [0.1, 0.15) is 24.5 Å². The van der Waals surface area contributed by atoms with Crippen LogP contribution in [-0.2, 0) is 17.6 Å². The maximum absolute atomic E-state index is 11.8. The van der Waals surface area contributed by atoms with Crippen molar-refractivity contribution in [3.8, 4) is 0 Å². The Bertz CT molecular complexity index is 360. The third-order valence-electron chi connectivity index (χ3n) is 2.76. The minimum Gasteiger partial charge on any atom is -0.393 e. The average Bonchev–Trinajstić information content (AvgIpc) is 2.34. The molecule has 1 unspecified atom stereocenters. The van der Waals surface area contributed by atoms with Gasteiger partial charge in [0.05, 0.1) is 6.10 Å². The standard InChI is InChI=1S/C14H19F3O2/c1-2-11-3-5-12(6-4-11)9-13(18)7-8-19-10-14(15,16)17/h3-6,13,18H,2,7-10H2,1H3. The van der Waals surface area contributed by atoms with Crippen LogP contribution in [0, 0.1) is 0 Å². The highest BCUT2D eigenvalue weighted by Crippen LogP contribution is 2.15. The summed E-state index contributed by atoms with van der Waals surface area (Å²) < 4.78 is 39.9. The Balaban J connectivity index is 2.24. The molecule has 0 aliphatic carbocycles. The summed E-state index contributed by atoms with van der Waals surface area (Å²) in [6.45, 7) is 0.709. The van der Waals surface area contributed by atoms with Crippen molar-refractivity contribution in [3.05, 3.63) is 35.4 Å². The third kappa shape index (κ3) is 7.18. The molecule has 2 nitrogen and oxygen atoms in total. The van der Waals surface area contributed by atoms with Crippen LogP contribution in [0.5, 0.6) is 0 Å². The lowest BCUT2D eigenvalue weighted by Crippen LogP contribution is -2.20. The number of hydrogen-bond donors (Lipinski definition) is 1. The monoisotopic (exact) mass is 276 g/mol. The lowest BCUT2D eigenvalue weighted by atomic mass is 10.0. The van der Waals surface area contributed by atoms with Gasteiger partial charge in [-0.1, -0.05) is 31.2 Å². The number of benzene rings is 1. The van der Waals surface area contributed by atoms with Crippen molar-refractivity contribution in [2.45, 2.75) is 38.5 Å². The molecule has 1 rings (SSSR count). The molecular formula is C14H19F3O2. The number of alkyl halides is 3. The maximum Gasteiger partial charge on any atom is 0.411 e. The molecule has 0 fully saturated rings. The van der Waals surface area contributed by atoms with Gasteiger partial charge in [0, 0.05) is 6.61 Å². The first-order valence-electron chi connectivity index (χ1n) is 6.31. The van der Waals surface area contributed by atoms with Gasteiger partial charge in [-0.2, -0.15) is 13.2 Å². The van der Waals surface area contributed by atoms with E-state index in [1.807, 2.05) is 24.3 Å². The number of hydrogen-bond acceptors (Lipinski definition) is 2. The van der Waals surface area contributed by atoms with Gasteiger partial charge in [-0.25, -0.2) is 0 Å². The molecule has 0 amide bonds. The minimum atomic E-state index is -4.30. The number of aliphatic hydroxyl groups is 1. The Hall–Kier alpha value is -1.07. The summed E-state index contributed by atoms with van der Waals surface area (Å²) >= 11 is 0. The summed E-state index contributed by atoms with van der Waals surface area (Å²) in [6.07, 6.45) is -3.40. The molecule has 0 radical (unpaired) electrons. The van der Waals surface area contributed by atoms with Gasteiger partial charge in [0.2, 0.25) is 0 Å². The van der Waals surface area contributed by atoms with Gasteiger partial charge in [-0.05, 0) is 30.4 Å². The van der Waals surface area contributed by atoms with Crippen LogP contribution in [-0.4, -0.2) is 30.6 Å². The van der Waals surface area contributed by atoms with Crippen molar-refractivity contribution in [1.29, 1.82) is 0 Å². The van der Waals surface area contributed by atoms with Gasteiger partial charge in [-0.3, -0.25) is 0 Å². The smallest absolute Gasteiger partial charge is 0.393 e. The zero-order chi connectivity index (χ0) is 14.3. The molecule has 0 saturated heterocycles. The molecule has 1 aromatic carbocycles. The van der Waals surface area contributed by atoms with Crippen LogP contribution in [0.4, 0.5) is 13.2 Å². The first-order chi connectivity index (χ1) is 8.90. The van der Waals surface area contributed by atoms with Crippen LogP contribution in [0.3, 0.4) is 0 Å². The van der Waals surface area contributed by atoms with Gasteiger partial charge >= 0.3 is 6.18 Å². The maximum atomic E-state index is 11.8. The Morgan fingerprint density at radius 3 is 2.26 bits per heavy atom. The second kappa shape index (κ2) is 7.50. The summed E-state index contributed by atoms with van der Waals surface area (Å²) in [5, 5.41) is 9.70. The summed E-state index contributed by atoms with van der Waals surface area (Å²) in [4.78, 5) is 0. The van der Waals surface area contributed by atoms with E-state index in [1.54, 1.807) is 0 Å². The van der Waals surface area contributed by atoms with E-state index in [2.05, 4.69) is 11.7 Å². The Morgan fingerprint density at radius 1 is 1.16 bits per heavy atom. The van der Waals surface area contributed by atoms with Gasteiger partial charge in [0.1, 0.15) is 6.61 Å². The van der Waals surface area contributed by atoms with Crippen LogP contribution in [0.25, 0.3) is 0 Å². The van der Waals surface area contributed by atoms with E-state index >= 15 is 0 Å². The lowest BCUT2D eigenvalue weighted by molar-refractivity contribution is -0.175. The van der Waals surface area contributed by atoms with Gasteiger partial charge in [-0.15, -0.1) is 0 Å². The Kier molecular flexibility index (Phi) is 6.31. The summed E-state index contributed by atoms with van der Waals surface area (Å²) in [5.41, 5.74) is 2.19. The second-order valence-electron chi connectivity index (χ2n) is 4.48. The summed E-state index contributed by atoms with van der Waals surface area (Å²) in [5.74, 6) is 0. The van der Waals surface area contributed by atoms with E-state index in [4.69, 9.17) is 0 Å². The van der Waals surface area contributed by atoms with E-state index in [0.717, 1.165) is 12.0 Å². The molecule has 0 aliphatic rings. The molecule has 0 saturated carbocycles. The minimum absolute atomic E-state index is 0.0896. The van der Waals surface area contributed by atoms with E-state index in [-0.39, 0.29) is 13.0 Å². The quantitative estimate of drug-likeness (QED) is 0.775. The van der Waals surface area contributed by atoms with Gasteiger partial charge < -0.3 is 9.84 Å². The summed E-state index contributed by atoms with van der Waals surface area (Å²) in [6, 6.07) is 7.83.